The Kier molecular flexibility index (Phi) is 61.4. The molecule has 0 aromatic rings. The first-order chi connectivity index (χ1) is 31.8. The maximum absolute atomic E-state index is 2.32. The van der Waals surface area contributed by atoms with Gasteiger partial charge in [-0.2, -0.15) is 0 Å². The molecule has 0 aliphatic rings. The molecule has 0 atom stereocenters. The van der Waals surface area contributed by atoms with Crippen molar-refractivity contribution in [1.29, 1.82) is 0 Å². The first-order valence-corrected chi connectivity index (χ1v) is 34.3. The van der Waals surface area contributed by atoms with Crippen LogP contribution in [0.25, 0.3) is 0 Å². The van der Waals surface area contributed by atoms with E-state index in [1.807, 2.05) is 0 Å². The molecule has 0 fully saturated rings. The third-order valence-electron chi connectivity index (χ3n) is 15.6. The van der Waals surface area contributed by atoms with Gasteiger partial charge in [0, 0.05) is 8.80 Å². The van der Waals surface area contributed by atoms with E-state index in [4.69, 9.17) is 0 Å². The quantitative estimate of drug-likeness (QED) is 0.0421. The number of hydrogen-bond donors (Lipinski definition) is 0. The lowest BCUT2D eigenvalue weighted by molar-refractivity contribution is 0.523. The highest BCUT2D eigenvalue weighted by molar-refractivity contribution is 6.58. The topological polar surface area (TPSA) is 0 Å². The molecule has 0 saturated heterocycles. The van der Waals surface area contributed by atoms with Crippen LogP contribution >= 0.6 is 0 Å². The highest BCUT2D eigenvalue weighted by atomic mass is 28.3. The monoisotopic (exact) mass is 915 g/mol. The zero-order chi connectivity index (χ0) is 46.0. The smallest absolute Gasteiger partial charge is 0.0367 e. The Morgan fingerprint density at radius 1 is 0.125 bits per heavy atom. The first-order valence-electron chi connectivity index (χ1n) is 31.8. The van der Waals surface area contributed by atoms with Crippen molar-refractivity contribution in [2.75, 3.05) is 0 Å². The lowest BCUT2D eigenvalue weighted by Gasteiger charge is -2.15. The van der Waals surface area contributed by atoms with Crippen LogP contribution in [0.3, 0.4) is 0 Å². The Balaban J connectivity index is 3.97. The molecule has 0 unspecified atom stereocenters. The standard InChI is InChI=1S/C63H130Si/c1-4-7-10-13-16-19-22-25-28-31-34-37-40-43-46-49-52-55-58-61-64(62-59-56-53-50-47-44-41-38-35-32-29-26-23-20-17-14-11-8-5-2)63-60-57-54-51-48-45-42-39-36-33-30-27-24-21-18-15-12-9-6-3/h64H,4-63H2,1-3H3. The fourth-order valence-corrected chi connectivity index (χ4v) is 14.4. The van der Waals surface area contributed by atoms with Gasteiger partial charge in [-0.1, -0.05) is 405 Å². The maximum Gasteiger partial charge on any atom is 0.0367 e. The predicted octanol–water partition coefficient (Wildman–Crippen LogP) is 24.5. The molecule has 0 rings (SSSR count). The Labute approximate surface area is 411 Å². The van der Waals surface area contributed by atoms with Gasteiger partial charge in [-0.25, -0.2) is 0 Å². The highest BCUT2D eigenvalue weighted by Gasteiger charge is 2.11. The molecule has 0 aliphatic heterocycles. The molecule has 0 nitrogen and oxygen atoms in total. The summed E-state index contributed by atoms with van der Waals surface area (Å²) in [6.45, 7) is 6.97. The lowest BCUT2D eigenvalue weighted by Crippen LogP contribution is -2.12. The van der Waals surface area contributed by atoms with Crippen LogP contribution in [-0.2, 0) is 0 Å². The molecule has 0 heterocycles. The molecule has 0 bridgehead atoms. The van der Waals surface area contributed by atoms with E-state index < -0.39 is 8.80 Å². The van der Waals surface area contributed by atoms with Crippen LogP contribution in [0.15, 0.2) is 0 Å². The van der Waals surface area contributed by atoms with Crippen molar-refractivity contribution in [3.8, 4) is 0 Å². The minimum atomic E-state index is -0.526. The van der Waals surface area contributed by atoms with Crippen molar-refractivity contribution in [2.45, 2.75) is 405 Å². The Morgan fingerprint density at radius 3 is 0.328 bits per heavy atom. The van der Waals surface area contributed by atoms with Gasteiger partial charge in [0.1, 0.15) is 0 Å². The molecule has 386 valence electrons. The molecule has 0 N–H and O–H groups in total. The maximum atomic E-state index is 2.32. The van der Waals surface area contributed by atoms with Gasteiger partial charge in [0.2, 0.25) is 0 Å². The van der Waals surface area contributed by atoms with Crippen molar-refractivity contribution in [1.82, 2.24) is 0 Å². The van der Waals surface area contributed by atoms with Crippen molar-refractivity contribution in [3.05, 3.63) is 0 Å². The summed E-state index contributed by atoms with van der Waals surface area (Å²) in [6.07, 6.45) is 85.3. The van der Waals surface area contributed by atoms with Gasteiger partial charge in [-0.3, -0.25) is 0 Å². The van der Waals surface area contributed by atoms with Crippen molar-refractivity contribution >= 4 is 8.80 Å². The van der Waals surface area contributed by atoms with Gasteiger partial charge in [-0.15, -0.1) is 0 Å². The largest absolute Gasteiger partial charge is 0.0654 e. The minimum Gasteiger partial charge on any atom is -0.0654 e. The normalized spacial score (nSPS) is 11.8. The SMILES string of the molecule is CCCCCCCCCCCCCCCCCCCCC[SiH](CCCCCCCCCCCCCCCCCCCCC)CCCCCCCCCCCCCCCCCCCCC. The molecule has 0 spiro atoms. The van der Waals surface area contributed by atoms with E-state index in [1.165, 1.54) is 327 Å². The summed E-state index contributed by atoms with van der Waals surface area (Å²) in [7, 11) is -0.526. The second-order valence-corrected chi connectivity index (χ2v) is 25.8. The van der Waals surface area contributed by atoms with Gasteiger partial charge >= 0.3 is 0 Å². The molecule has 64 heavy (non-hydrogen) atoms. The number of unbranched alkanes of at least 4 members (excludes halogenated alkanes) is 54. The Bertz CT molecular complexity index is 661. The summed E-state index contributed by atoms with van der Waals surface area (Å²) < 4.78 is 0. The van der Waals surface area contributed by atoms with Crippen LogP contribution in [0.1, 0.15) is 387 Å². The summed E-state index contributed by atoms with van der Waals surface area (Å²) in [5.41, 5.74) is 0. The van der Waals surface area contributed by atoms with Crippen LogP contribution in [-0.4, -0.2) is 8.80 Å². The van der Waals surface area contributed by atoms with E-state index in [1.54, 1.807) is 56.7 Å². The van der Waals surface area contributed by atoms with E-state index in [2.05, 4.69) is 20.8 Å². The molecular formula is C63H130Si. The van der Waals surface area contributed by atoms with E-state index >= 15 is 0 Å². The summed E-state index contributed by atoms with van der Waals surface area (Å²) in [5, 5.41) is 0. The van der Waals surface area contributed by atoms with Crippen molar-refractivity contribution in [2.24, 2.45) is 0 Å². The summed E-state index contributed by atoms with van der Waals surface area (Å²) in [4.78, 5) is 0. The molecule has 1 heteroatoms. The molecule has 0 aromatic heterocycles. The van der Waals surface area contributed by atoms with Crippen LogP contribution in [0, 0.1) is 0 Å². The fourth-order valence-electron chi connectivity index (χ4n) is 11.0. The van der Waals surface area contributed by atoms with Crippen LogP contribution < -0.4 is 0 Å². The molecule has 0 aliphatic carbocycles. The number of rotatable bonds is 60. The second kappa shape index (κ2) is 61.2. The van der Waals surface area contributed by atoms with Gasteiger partial charge in [0.05, 0.1) is 0 Å². The molecule has 0 radical (unpaired) electrons. The van der Waals surface area contributed by atoms with Crippen molar-refractivity contribution < 1.29 is 0 Å². The van der Waals surface area contributed by atoms with E-state index in [-0.39, 0.29) is 0 Å². The van der Waals surface area contributed by atoms with Gasteiger partial charge in [0.25, 0.3) is 0 Å². The Morgan fingerprint density at radius 2 is 0.219 bits per heavy atom. The third kappa shape index (κ3) is 58.3. The average molecular weight is 916 g/mol. The van der Waals surface area contributed by atoms with Crippen LogP contribution in [0.2, 0.25) is 18.1 Å². The van der Waals surface area contributed by atoms with E-state index in [9.17, 15) is 0 Å². The molecule has 0 saturated carbocycles. The molecule has 0 amide bonds. The van der Waals surface area contributed by atoms with Gasteiger partial charge in [-0.05, 0) is 0 Å². The zero-order valence-corrected chi connectivity index (χ0v) is 47.2. The second-order valence-electron chi connectivity index (χ2n) is 22.3. The number of hydrogen-bond acceptors (Lipinski definition) is 0. The summed E-state index contributed by atoms with van der Waals surface area (Å²) in [6, 6.07) is 5.03. The lowest BCUT2D eigenvalue weighted by atomic mass is 10.0. The Hall–Kier alpha value is 0.217. The van der Waals surface area contributed by atoms with Crippen LogP contribution in [0.5, 0.6) is 0 Å². The minimum absolute atomic E-state index is 0.526. The molecule has 0 aromatic carbocycles. The summed E-state index contributed by atoms with van der Waals surface area (Å²) in [5.74, 6) is 0. The fraction of sp³-hybridized carbons (Fsp3) is 1.00. The summed E-state index contributed by atoms with van der Waals surface area (Å²) >= 11 is 0. The highest BCUT2D eigenvalue weighted by Crippen LogP contribution is 2.23. The van der Waals surface area contributed by atoms with Gasteiger partial charge in [0.15, 0.2) is 0 Å². The van der Waals surface area contributed by atoms with Gasteiger partial charge < -0.3 is 0 Å². The molecular weight excluding hydrogens is 785 g/mol. The van der Waals surface area contributed by atoms with Crippen molar-refractivity contribution in [3.63, 3.8) is 0 Å². The van der Waals surface area contributed by atoms with Crippen LogP contribution in [0.4, 0.5) is 0 Å². The average Bonchev–Trinajstić information content (AvgIpc) is 3.30. The zero-order valence-electron chi connectivity index (χ0n) is 46.0. The van der Waals surface area contributed by atoms with E-state index in [0.29, 0.717) is 0 Å². The first kappa shape index (κ1) is 64.2. The van der Waals surface area contributed by atoms with E-state index in [0.717, 1.165) is 0 Å². The third-order valence-corrected chi connectivity index (χ3v) is 19.3. The predicted molar refractivity (Wildman–Crippen MR) is 302 cm³/mol.